The van der Waals surface area contributed by atoms with Crippen molar-refractivity contribution in [2.75, 3.05) is 25.6 Å². The Morgan fingerprint density at radius 3 is 3.00 bits per heavy atom. The third kappa shape index (κ3) is 3.16. The first-order chi connectivity index (χ1) is 14.2. The van der Waals surface area contributed by atoms with Crippen LogP contribution >= 0.6 is 0 Å². The third-order valence-electron chi connectivity index (χ3n) is 4.33. The molecule has 1 aliphatic heterocycles. The van der Waals surface area contributed by atoms with Crippen molar-refractivity contribution in [1.29, 1.82) is 0 Å². The summed E-state index contributed by atoms with van der Waals surface area (Å²) in [5.41, 5.74) is 1.75. The summed E-state index contributed by atoms with van der Waals surface area (Å²) in [5.74, 6) is 3.26. The summed E-state index contributed by atoms with van der Waals surface area (Å²) in [6.45, 7) is 3.34. The molecule has 0 aliphatic carbocycles. The van der Waals surface area contributed by atoms with Crippen molar-refractivity contribution in [3.8, 4) is 28.9 Å². The molecule has 29 heavy (non-hydrogen) atoms. The van der Waals surface area contributed by atoms with Crippen LogP contribution in [0.4, 0.5) is 5.82 Å². The number of anilines is 1. The number of nitrogens with one attached hydrogen (secondary N) is 1. The number of aromatic nitrogens is 6. The van der Waals surface area contributed by atoms with Crippen molar-refractivity contribution in [2.24, 2.45) is 0 Å². The topological polar surface area (TPSA) is 122 Å². The second-order valence-corrected chi connectivity index (χ2v) is 6.35. The van der Waals surface area contributed by atoms with E-state index in [4.69, 9.17) is 18.7 Å². The van der Waals surface area contributed by atoms with Crippen molar-refractivity contribution in [3.63, 3.8) is 0 Å². The van der Waals surface area contributed by atoms with E-state index in [1.165, 1.54) is 11.6 Å². The first kappa shape index (κ1) is 17.2. The van der Waals surface area contributed by atoms with Gasteiger partial charge in [0.2, 0.25) is 5.82 Å². The maximum atomic E-state index is 5.89. The maximum absolute atomic E-state index is 5.89. The highest BCUT2D eigenvalue weighted by Gasteiger charge is 2.18. The smallest absolute Gasteiger partial charge is 0.275 e. The van der Waals surface area contributed by atoms with Gasteiger partial charge in [-0.2, -0.15) is 4.52 Å². The first-order valence-electron chi connectivity index (χ1n) is 8.95. The molecule has 0 aromatic carbocycles. The van der Waals surface area contributed by atoms with Gasteiger partial charge >= 0.3 is 0 Å². The molecule has 11 nitrogen and oxygen atoms in total. The lowest BCUT2D eigenvalue weighted by Gasteiger charge is -2.18. The van der Waals surface area contributed by atoms with E-state index in [9.17, 15) is 0 Å². The molecule has 4 aromatic heterocycles. The fourth-order valence-electron chi connectivity index (χ4n) is 2.96. The fourth-order valence-corrected chi connectivity index (χ4v) is 2.96. The number of methoxy groups -OCH3 is 1. The van der Waals surface area contributed by atoms with Crippen LogP contribution in [0.1, 0.15) is 11.5 Å². The Labute approximate surface area is 164 Å². The molecular weight excluding hydrogens is 378 g/mol. The third-order valence-corrected chi connectivity index (χ3v) is 4.33. The van der Waals surface area contributed by atoms with Crippen molar-refractivity contribution in [1.82, 2.24) is 30.0 Å². The minimum atomic E-state index is 0.199. The fraction of sp³-hybridized carbons (Fsp3) is 0.278. The molecule has 1 N–H and O–H groups in total. The van der Waals surface area contributed by atoms with Crippen LogP contribution in [0.3, 0.4) is 0 Å². The van der Waals surface area contributed by atoms with Gasteiger partial charge in [0.15, 0.2) is 28.7 Å². The summed E-state index contributed by atoms with van der Waals surface area (Å²) >= 11 is 0. The summed E-state index contributed by atoms with van der Waals surface area (Å²) < 4.78 is 23.5. The monoisotopic (exact) mass is 395 g/mol. The van der Waals surface area contributed by atoms with Crippen molar-refractivity contribution < 1.29 is 18.7 Å². The Bertz CT molecular complexity index is 1190. The van der Waals surface area contributed by atoms with Gasteiger partial charge in [-0.1, -0.05) is 5.16 Å². The lowest BCUT2D eigenvalue weighted by atomic mass is 10.3. The molecule has 0 bridgehead atoms. The molecule has 0 radical (unpaired) electrons. The summed E-state index contributed by atoms with van der Waals surface area (Å²) in [4.78, 5) is 4.52. The molecule has 5 rings (SSSR count). The van der Waals surface area contributed by atoms with Crippen LogP contribution < -0.4 is 19.5 Å². The molecule has 0 fully saturated rings. The predicted octanol–water partition coefficient (Wildman–Crippen LogP) is 1.87. The number of hydrogen-bond donors (Lipinski definition) is 1. The molecule has 148 valence electrons. The van der Waals surface area contributed by atoms with E-state index in [0.29, 0.717) is 47.6 Å². The quantitative estimate of drug-likeness (QED) is 0.536. The van der Waals surface area contributed by atoms with Gasteiger partial charge in [0.1, 0.15) is 19.0 Å². The van der Waals surface area contributed by atoms with E-state index >= 15 is 0 Å². The van der Waals surface area contributed by atoms with Crippen LogP contribution in [0.5, 0.6) is 17.4 Å². The zero-order chi connectivity index (χ0) is 19.8. The van der Waals surface area contributed by atoms with E-state index in [-0.39, 0.29) is 12.5 Å². The molecule has 0 saturated heterocycles. The molecule has 5 heterocycles. The van der Waals surface area contributed by atoms with Gasteiger partial charge in [-0.3, -0.25) is 0 Å². The normalized spacial score (nSPS) is 12.9. The molecule has 0 saturated carbocycles. The number of rotatable bonds is 5. The minimum Gasteiger partial charge on any atom is -0.491 e. The first-order valence-corrected chi connectivity index (χ1v) is 8.95. The molecule has 0 amide bonds. The average Bonchev–Trinajstić information content (AvgIpc) is 3.36. The Kier molecular flexibility index (Phi) is 4.12. The van der Waals surface area contributed by atoms with E-state index in [2.05, 4.69) is 30.8 Å². The van der Waals surface area contributed by atoms with Gasteiger partial charge in [0, 0.05) is 12.1 Å². The van der Waals surface area contributed by atoms with Gasteiger partial charge in [-0.25, -0.2) is 4.98 Å². The molecule has 0 unspecified atom stereocenters. The number of hydrogen-bond acceptors (Lipinski definition) is 10. The standard InChI is InChI=1S/C18H17N7O4/c1-10-7-12(24-29-10)17-22-21-15-8-14(26-2)18(23-25(15)17)28-9-11-3-4-13-16(20-11)19-5-6-27-13/h3-4,7-8H,5-6,9H2,1-2H3,(H,19,20). The highest BCUT2D eigenvalue weighted by atomic mass is 16.5. The zero-order valence-corrected chi connectivity index (χ0v) is 15.7. The van der Waals surface area contributed by atoms with Crippen LogP contribution in [0, 0.1) is 6.92 Å². The largest absolute Gasteiger partial charge is 0.491 e. The lowest BCUT2D eigenvalue weighted by molar-refractivity contribution is 0.263. The van der Waals surface area contributed by atoms with Gasteiger partial charge in [-0.05, 0) is 19.1 Å². The number of fused-ring (bicyclic) bond motifs is 2. The van der Waals surface area contributed by atoms with Gasteiger partial charge in [0.25, 0.3) is 5.88 Å². The van der Waals surface area contributed by atoms with E-state index in [0.717, 1.165) is 11.4 Å². The van der Waals surface area contributed by atoms with E-state index < -0.39 is 0 Å². The highest BCUT2D eigenvalue weighted by Crippen LogP contribution is 2.29. The van der Waals surface area contributed by atoms with E-state index in [1.54, 1.807) is 19.1 Å². The van der Waals surface area contributed by atoms with Gasteiger partial charge in [-0.15, -0.1) is 15.3 Å². The lowest BCUT2D eigenvalue weighted by Crippen LogP contribution is -2.19. The summed E-state index contributed by atoms with van der Waals surface area (Å²) in [6.07, 6.45) is 0. The van der Waals surface area contributed by atoms with Crippen LogP contribution in [-0.2, 0) is 6.61 Å². The predicted molar refractivity (Wildman–Crippen MR) is 100 cm³/mol. The maximum Gasteiger partial charge on any atom is 0.275 e. The molecule has 1 aliphatic rings. The molecule has 0 spiro atoms. The molecule has 0 atom stereocenters. The Morgan fingerprint density at radius 2 is 2.17 bits per heavy atom. The van der Waals surface area contributed by atoms with Crippen LogP contribution in [0.15, 0.2) is 28.8 Å². The van der Waals surface area contributed by atoms with Crippen LogP contribution in [0.2, 0.25) is 0 Å². The number of ether oxygens (including phenoxy) is 3. The molecule has 11 heteroatoms. The molecule has 4 aromatic rings. The second kappa shape index (κ2) is 6.93. The Hall–Kier alpha value is -3.89. The highest BCUT2D eigenvalue weighted by molar-refractivity contribution is 5.57. The zero-order valence-electron chi connectivity index (χ0n) is 15.7. The van der Waals surface area contributed by atoms with Crippen molar-refractivity contribution >= 4 is 11.5 Å². The van der Waals surface area contributed by atoms with Crippen LogP contribution in [-0.4, -0.2) is 50.2 Å². The number of aryl methyl sites for hydroxylation is 1. The summed E-state index contributed by atoms with van der Waals surface area (Å²) in [6, 6.07) is 7.17. The Balaban J connectivity index is 1.45. The summed E-state index contributed by atoms with van der Waals surface area (Å²) in [5, 5.41) is 19.9. The van der Waals surface area contributed by atoms with E-state index in [1.807, 2.05) is 12.1 Å². The Morgan fingerprint density at radius 1 is 1.24 bits per heavy atom. The van der Waals surface area contributed by atoms with Crippen LogP contribution in [0.25, 0.3) is 17.2 Å². The summed E-state index contributed by atoms with van der Waals surface area (Å²) in [7, 11) is 1.54. The average molecular weight is 395 g/mol. The second-order valence-electron chi connectivity index (χ2n) is 6.35. The SMILES string of the molecule is COc1cc2nnc(-c3cc(C)on3)n2nc1OCc1ccc2c(n1)NCCO2. The van der Waals surface area contributed by atoms with Gasteiger partial charge < -0.3 is 24.1 Å². The van der Waals surface area contributed by atoms with Crippen molar-refractivity contribution in [3.05, 3.63) is 35.7 Å². The van der Waals surface area contributed by atoms with Crippen molar-refractivity contribution in [2.45, 2.75) is 13.5 Å². The molecular formula is C18H17N7O4. The van der Waals surface area contributed by atoms with Gasteiger partial charge in [0.05, 0.1) is 19.3 Å². The number of pyridine rings is 1. The number of nitrogens with zero attached hydrogens (tertiary/aromatic N) is 6. The minimum absolute atomic E-state index is 0.199.